The molecule has 0 spiro atoms. The fourth-order valence-electron chi connectivity index (χ4n) is 2.41. The van der Waals surface area contributed by atoms with Crippen molar-refractivity contribution in [2.45, 2.75) is 24.9 Å². The third-order valence-corrected chi connectivity index (χ3v) is 7.64. The maximum atomic E-state index is 12.0. The van der Waals surface area contributed by atoms with Crippen LogP contribution in [0.4, 0.5) is 0 Å². The van der Waals surface area contributed by atoms with Crippen molar-refractivity contribution >= 4 is 45.5 Å². The second kappa shape index (κ2) is 10.0. The second-order valence-electron chi connectivity index (χ2n) is 5.86. The Morgan fingerprint density at radius 2 is 1.84 bits per heavy atom. The highest BCUT2D eigenvalue weighted by Crippen LogP contribution is 2.66. The van der Waals surface area contributed by atoms with Gasteiger partial charge in [0.15, 0.2) is 0 Å². The number of rotatable bonds is 9. The van der Waals surface area contributed by atoms with E-state index in [-0.39, 0.29) is 12.0 Å². The van der Waals surface area contributed by atoms with Crippen LogP contribution >= 0.6 is 39.4 Å². The highest BCUT2D eigenvalue weighted by Gasteiger charge is 2.42. The van der Waals surface area contributed by atoms with Gasteiger partial charge >= 0.3 is 29.2 Å². The molecule has 16 nitrogen and oxygen atoms in total. The van der Waals surface area contributed by atoms with Crippen LogP contribution in [0.2, 0.25) is 0 Å². The molecule has 31 heavy (non-hydrogen) atoms. The largest absolute Gasteiger partial charge is 0.490 e. The molecule has 5 atom stereocenters. The van der Waals surface area contributed by atoms with E-state index < -0.39 is 59.8 Å². The molecule has 0 saturated carbocycles. The van der Waals surface area contributed by atoms with E-state index in [2.05, 4.69) is 29.1 Å². The zero-order valence-corrected chi connectivity index (χ0v) is 19.2. The normalized spacial score (nSPS) is 26.1. The van der Waals surface area contributed by atoms with E-state index in [1.54, 1.807) is 0 Å². The molecular weight excluding hydrogens is 557 g/mol. The number of aliphatic hydroxyl groups excluding tert-OH is 1. The number of ether oxygens (including phenoxy) is 1. The third kappa shape index (κ3) is 7.94. The molecule has 2 unspecified atom stereocenters. The van der Waals surface area contributed by atoms with Crippen LogP contribution in [0.25, 0.3) is 6.08 Å². The number of aromatic nitrogens is 2. The first-order valence-corrected chi connectivity index (χ1v) is 13.3. The van der Waals surface area contributed by atoms with Gasteiger partial charge in [-0.2, -0.15) is 8.62 Å². The summed E-state index contributed by atoms with van der Waals surface area (Å²) in [5.74, 6) is 0. The van der Waals surface area contributed by atoms with E-state index in [9.17, 15) is 33.3 Å². The first kappa shape index (κ1) is 26.5. The Balaban J connectivity index is 2.07. The molecule has 1 aromatic rings. The Labute approximate surface area is 180 Å². The van der Waals surface area contributed by atoms with Gasteiger partial charge in [0.1, 0.15) is 12.3 Å². The minimum atomic E-state index is -5.69. The van der Waals surface area contributed by atoms with Crippen LogP contribution in [0, 0.1) is 0 Å². The summed E-state index contributed by atoms with van der Waals surface area (Å²) in [6.45, 7) is -0.895. The molecule has 0 aromatic carbocycles. The van der Waals surface area contributed by atoms with Gasteiger partial charge in [0.05, 0.1) is 18.3 Å². The number of nitrogens with one attached hydrogen (secondary N) is 1. The molecule has 0 radical (unpaired) electrons. The summed E-state index contributed by atoms with van der Waals surface area (Å²) in [5, 5.41) is 10.1. The number of phosphoric ester groups is 1. The lowest BCUT2D eigenvalue weighted by atomic mass is 10.2. The number of halogens is 1. The second-order valence-corrected chi connectivity index (χ2v) is 10.8. The summed E-state index contributed by atoms with van der Waals surface area (Å²) in [6.07, 6.45) is -1.49. The fourth-order valence-corrected chi connectivity index (χ4v) is 5.72. The maximum Gasteiger partial charge on any atom is 0.490 e. The maximum absolute atomic E-state index is 12.0. The van der Waals surface area contributed by atoms with Crippen LogP contribution in [0.5, 0.6) is 0 Å². The van der Waals surface area contributed by atoms with Crippen LogP contribution in [-0.2, 0) is 31.6 Å². The summed E-state index contributed by atoms with van der Waals surface area (Å²) < 4.78 is 51.5. The standard InChI is InChI=1S/C11H16BrN2O14P3/c12-2-1-6-4-14(11(17)13-10(6)16)9-3-7(15)8(26-9)5-25-30(21,22)28-31(23,24)27-29(18,19)20/h1-2,4,7-9,15H,3,5H2,(H,21,22)(H,23,24)(H,13,16,17)(H2,18,19,20)/b2-1+/t7-,8-,9-/m1/s1. The van der Waals surface area contributed by atoms with E-state index in [1.807, 2.05) is 4.98 Å². The third-order valence-electron chi connectivity index (χ3n) is 3.57. The summed E-state index contributed by atoms with van der Waals surface area (Å²) in [7, 11) is -16.6. The molecule has 0 bridgehead atoms. The van der Waals surface area contributed by atoms with Crippen LogP contribution < -0.4 is 11.2 Å². The van der Waals surface area contributed by atoms with E-state index >= 15 is 0 Å². The zero-order chi connectivity index (χ0) is 23.6. The topological polar surface area (TPSA) is 244 Å². The van der Waals surface area contributed by atoms with E-state index in [1.165, 1.54) is 11.1 Å². The van der Waals surface area contributed by atoms with Crippen LogP contribution in [-0.4, -0.2) is 53.0 Å². The molecule has 1 fully saturated rings. The van der Waals surface area contributed by atoms with E-state index in [4.69, 9.17) is 19.4 Å². The van der Waals surface area contributed by atoms with Gasteiger partial charge in [-0.3, -0.25) is 18.9 Å². The van der Waals surface area contributed by atoms with Crippen molar-refractivity contribution in [2.75, 3.05) is 6.61 Å². The lowest BCUT2D eigenvalue weighted by Crippen LogP contribution is -2.33. The van der Waals surface area contributed by atoms with Crippen molar-refractivity contribution in [3.63, 3.8) is 0 Å². The Bertz CT molecular complexity index is 1090. The molecule has 1 saturated heterocycles. The van der Waals surface area contributed by atoms with Gasteiger partial charge in [-0.25, -0.2) is 18.5 Å². The number of aromatic amines is 1. The van der Waals surface area contributed by atoms with Gasteiger partial charge in [-0.1, -0.05) is 15.9 Å². The summed E-state index contributed by atoms with van der Waals surface area (Å²) >= 11 is 2.98. The van der Waals surface area contributed by atoms with Crippen molar-refractivity contribution in [3.8, 4) is 0 Å². The molecule has 2 heterocycles. The molecular formula is C11H16BrN2O14P3. The van der Waals surface area contributed by atoms with Crippen LogP contribution in [0.3, 0.4) is 0 Å². The molecule has 2 rings (SSSR count). The average Bonchev–Trinajstić information content (AvgIpc) is 2.93. The molecule has 20 heteroatoms. The smallest absolute Gasteiger partial charge is 0.390 e. The monoisotopic (exact) mass is 572 g/mol. The van der Waals surface area contributed by atoms with Crippen LogP contribution in [0.1, 0.15) is 18.2 Å². The summed E-state index contributed by atoms with van der Waals surface area (Å²) in [5.41, 5.74) is -1.46. The molecule has 1 aromatic heterocycles. The predicted octanol–water partition coefficient (Wildman–Crippen LogP) is -0.106. The summed E-state index contributed by atoms with van der Waals surface area (Å²) in [4.78, 5) is 62.6. The number of hydrogen-bond donors (Lipinski definition) is 6. The van der Waals surface area contributed by atoms with Crippen molar-refractivity contribution < 1.29 is 56.3 Å². The lowest BCUT2D eigenvalue weighted by Gasteiger charge is -2.19. The Morgan fingerprint density at radius 1 is 1.19 bits per heavy atom. The van der Waals surface area contributed by atoms with Crippen LogP contribution in [0.15, 0.2) is 20.8 Å². The quantitative estimate of drug-likeness (QED) is 0.211. The van der Waals surface area contributed by atoms with E-state index in [0.717, 1.165) is 10.8 Å². The first-order chi connectivity index (χ1) is 14.1. The van der Waals surface area contributed by atoms with Crippen molar-refractivity contribution in [1.29, 1.82) is 0 Å². The zero-order valence-electron chi connectivity index (χ0n) is 15.0. The molecule has 0 amide bonds. The van der Waals surface area contributed by atoms with Crippen molar-refractivity contribution in [1.82, 2.24) is 9.55 Å². The molecule has 0 aliphatic carbocycles. The minimum absolute atomic E-state index is 0.0753. The van der Waals surface area contributed by atoms with Crippen molar-refractivity contribution in [3.05, 3.63) is 37.6 Å². The predicted molar refractivity (Wildman–Crippen MR) is 104 cm³/mol. The highest BCUT2D eigenvalue weighted by atomic mass is 79.9. The number of nitrogens with zero attached hydrogens (tertiary/aromatic N) is 1. The molecule has 176 valence electrons. The Kier molecular flexibility index (Phi) is 8.55. The Hall–Kier alpha value is -0.770. The van der Waals surface area contributed by atoms with Gasteiger partial charge in [-0.15, -0.1) is 0 Å². The number of phosphoric acid groups is 3. The van der Waals surface area contributed by atoms with Gasteiger partial charge in [0.25, 0.3) is 5.56 Å². The van der Waals surface area contributed by atoms with Gasteiger partial charge in [-0.05, 0) is 11.1 Å². The fraction of sp³-hybridized carbons (Fsp3) is 0.455. The van der Waals surface area contributed by atoms with Gasteiger partial charge in [0.2, 0.25) is 0 Å². The molecule has 1 aliphatic heterocycles. The number of hydrogen-bond acceptors (Lipinski definition) is 10. The molecule has 1 aliphatic rings. The molecule has 6 N–H and O–H groups in total. The lowest BCUT2D eigenvalue weighted by molar-refractivity contribution is -0.0450. The highest BCUT2D eigenvalue weighted by molar-refractivity contribution is 9.11. The van der Waals surface area contributed by atoms with E-state index in [0.29, 0.717) is 0 Å². The number of H-pyrrole nitrogens is 1. The first-order valence-electron chi connectivity index (χ1n) is 7.86. The SMILES string of the molecule is O=c1[nH]c(=O)n([C@H]2C[C@@H](O)[C@@H](COP(=O)(O)OP(=O)(O)OP(=O)(O)O)O2)cc1/C=C/Br. The average molecular weight is 573 g/mol. The van der Waals surface area contributed by atoms with Gasteiger partial charge < -0.3 is 29.4 Å². The summed E-state index contributed by atoms with van der Waals surface area (Å²) in [6, 6.07) is 0. The van der Waals surface area contributed by atoms with Gasteiger partial charge in [0, 0.05) is 12.6 Å². The van der Waals surface area contributed by atoms with Crippen molar-refractivity contribution in [2.24, 2.45) is 0 Å². The minimum Gasteiger partial charge on any atom is -0.390 e. The Morgan fingerprint density at radius 3 is 2.42 bits per heavy atom. The number of aliphatic hydroxyl groups is 1.